The molecule has 0 heterocycles. The molecule has 0 aromatic rings. The zero-order chi connectivity index (χ0) is 10.1. The van der Waals surface area contributed by atoms with Gasteiger partial charge in [-0.3, -0.25) is 4.79 Å². The zero-order valence-electron chi connectivity index (χ0n) is 8.62. The molecule has 76 valence electrons. The van der Waals surface area contributed by atoms with E-state index in [-0.39, 0.29) is 5.78 Å². The summed E-state index contributed by atoms with van der Waals surface area (Å²) in [4.78, 5) is 10.5. The normalized spacial score (nSPS) is 13.5. The molecule has 0 aliphatic heterocycles. The summed E-state index contributed by atoms with van der Waals surface area (Å²) < 4.78 is 0. The fourth-order valence-electron chi connectivity index (χ4n) is 1.12. The number of carbonyl (C=O) groups excluding carboxylic acids is 1. The predicted molar refractivity (Wildman–Crippen MR) is 54.6 cm³/mol. The molecule has 0 amide bonds. The molecule has 2 heteroatoms. The minimum absolute atomic E-state index is 0.00684. The summed E-state index contributed by atoms with van der Waals surface area (Å²) in [6.07, 6.45) is 7.98. The van der Waals surface area contributed by atoms with Gasteiger partial charge in [0.05, 0.1) is 6.10 Å². The summed E-state index contributed by atoms with van der Waals surface area (Å²) in [5.41, 5.74) is 0. The standard InChI is InChI=1S/C11H20O2/c1-3-4-5-6-7-11(13)9-8-10(2)12/h8-9,11,13H,3-7H2,1-2H3/b9-8+. The Bertz CT molecular complexity index is 161. The summed E-state index contributed by atoms with van der Waals surface area (Å²) in [7, 11) is 0. The van der Waals surface area contributed by atoms with Gasteiger partial charge in [0.15, 0.2) is 5.78 Å². The first-order chi connectivity index (χ1) is 6.16. The van der Waals surface area contributed by atoms with Crippen molar-refractivity contribution in [3.05, 3.63) is 12.2 Å². The maximum Gasteiger partial charge on any atom is 0.152 e. The van der Waals surface area contributed by atoms with Gasteiger partial charge in [-0.05, 0) is 19.4 Å². The number of hydrogen-bond acceptors (Lipinski definition) is 2. The maximum atomic E-state index is 10.5. The van der Waals surface area contributed by atoms with Crippen LogP contribution in [0.5, 0.6) is 0 Å². The van der Waals surface area contributed by atoms with Gasteiger partial charge >= 0.3 is 0 Å². The highest BCUT2D eigenvalue weighted by molar-refractivity contribution is 5.87. The van der Waals surface area contributed by atoms with E-state index in [1.54, 1.807) is 6.08 Å². The molecule has 0 aromatic heterocycles. The van der Waals surface area contributed by atoms with Crippen molar-refractivity contribution in [3.63, 3.8) is 0 Å². The zero-order valence-corrected chi connectivity index (χ0v) is 8.62. The first kappa shape index (κ1) is 12.4. The van der Waals surface area contributed by atoms with Crippen molar-refractivity contribution in [3.8, 4) is 0 Å². The van der Waals surface area contributed by atoms with Crippen LogP contribution in [-0.4, -0.2) is 17.0 Å². The first-order valence-electron chi connectivity index (χ1n) is 5.03. The van der Waals surface area contributed by atoms with E-state index in [1.165, 1.54) is 32.3 Å². The molecular weight excluding hydrogens is 164 g/mol. The average molecular weight is 184 g/mol. The monoisotopic (exact) mass is 184 g/mol. The quantitative estimate of drug-likeness (QED) is 0.487. The topological polar surface area (TPSA) is 37.3 Å². The third-order valence-electron chi connectivity index (χ3n) is 1.91. The Morgan fingerprint density at radius 2 is 2.08 bits per heavy atom. The van der Waals surface area contributed by atoms with E-state index in [9.17, 15) is 9.90 Å². The molecule has 2 nitrogen and oxygen atoms in total. The van der Waals surface area contributed by atoms with Crippen molar-refractivity contribution in [2.75, 3.05) is 0 Å². The van der Waals surface area contributed by atoms with Crippen LogP contribution in [0.3, 0.4) is 0 Å². The highest BCUT2D eigenvalue weighted by atomic mass is 16.3. The molecule has 0 spiro atoms. The highest BCUT2D eigenvalue weighted by Gasteiger charge is 1.98. The molecule has 1 N–H and O–H groups in total. The highest BCUT2D eigenvalue weighted by Crippen LogP contribution is 2.06. The molecule has 1 atom stereocenters. The van der Waals surface area contributed by atoms with Crippen LogP contribution in [0.25, 0.3) is 0 Å². The van der Waals surface area contributed by atoms with E-state index in [0.29, 0.717) is 0 Å². The van der Waals surface area contributed by atoms with Gasteiger partial charge in [0.1, 0.15) is 0 Å². The number of hydrogen-bond donors (Lipinski definition) is 1. The minimum atomic E-state index is -0.444. The minimum Gasteiger partial charge on any atom is -0.389 e. The molecule has 0 saturated heterocycles. The van der Waals surface area contributed by atoms with Crippen molar-refractivity contribution in [1.82, 2.24) is 0 Å². The first-order valence-corrected chi connectivity index (χ1v) is 5.03. The number of ketones is 1. The van der Waals surface area contributed by atoms with Crippen LogP contribution in [0.15, 0.2) is 12.2 Å². The van der Waals surface area contributed by atoms with Crippen molar-refractivity contribution in [2.24, 2.45) is 0 Å². The molecule has 0 fully saturated rings. The maximum absolute atomic E-state index is 10.5. The van der Waals surface area contributed by atoms with Crippen LogP contribution in [0, 0.1) is 0 Å². The van der Waals surface area contributed by atoms with Gasteiger partial charge in [-0.25, -0.2) is 0 Å². The molecule has 0 aliphatic rings. The Balaban J connectivity index is 3.40. The number of aliphatic hydroxyl groups excluding tert-OH is 1. The van der Waals surface area contributed by atoms with Gasteiger partial charge in [0.25, 0.3) is 0 Å². The summed E-state index contributed by atoms with van der Waals surface area (Å²) in [5, 5.41) is 9.36. The number of carbonyl (C=O) groups is 1. The molecule has 1 unspecified atom stereocenters. The van der Waals surface area contributed by atoms with E-state index in [4.69, 9.17) is 0 Å². The lowest BCUT2D eigenvalue weighted by Gasteiger charge is -2.03. The number of rotatable bonds is 7. The van der Waals surface area contributed by atoms with Crippen molar-refractivity contribution >= 4 is 5.78 Å². The van der Waals surface area contributed by atoms with Gasteiger partial charge in [0, 0.05) is 0 Å². The van der Waals surface area contributed by atoms with Crippen LogP contribution < -0.4 is 0 Å². The van der Waals surface area contributed by atoms with Gasteiger partial charge in [0.2, 0.25) is 0 Å². The molecule has 0 rings (SSSR count). The Morgan fingerprint density at radius 1 is 1.38 bits per heavy atom. The van der Waals surface area contributed by atoms with Crippen molar-refractivity contribution in [1.29, 1.82) is 0 Å². The second kappa shape index (κ2) is 7.99. The van der Waals surface area contributed by atoms with Crippen LogP contribution in [0.2, 0.25) is 0 Å². The third kappa shape index (κ3) is 9.28. The van der Waals surface area contributed by atoms with Gasteiger partial charge in [-0.1, -0.05) is 38.7 Å². The smallest absolute Gasteiger partial charge is 0.152 e. The van der Waals surface area contributed by atoms with Crippen molar-refractivity contribution < 1.29 is 9.90 Å². The lowest BCUT2D eigenvalue weighted by molar-refractivity contribution is -0.112. The van der Waals surface area contributed by atoms with E-state index < -0.39 is 6.10 Å². The third-order valence-corrected chi connectivity index (χ3v) is 1.91. The number of allylic oxidation sites excluding steroid dienone is 1. The summed E-state index contributed by atoms with van der Waals surface area (Å²) in [5.74, 6) is -0.00684. The second-order valence-corrected chi connectivity index (χ2v) is 3.39. The van der Waals surface area contributed by atoms with Crippen LogP contribution in [0.4, 0.5) is 0 Å². The fraction of sp³-hybridized carbons (Fsp3) is 0.727. The molecular formula is C11H20O2. The Hall–Kier alpha value is -0.630. The van der Waals surface area contributed by atoms with Gasteiger partial charge in [-0.15, -0.1) is 0 Å². The molecule has 0 aromatic carbocycles. The lowest BCUT2D eigenvalue weighted by atomic mass is 10.1. The van der Waals surface area contributed by atoms with E-state index >= 15 is 0 Å². The van der Waals surface area contributed by atoms with Crippen LogP contribution >= 0.6 is 0 Å². The molecule has 0 radical (unpaired) electrons. The predicted octanol–water partition coefficient (Wildman–Crippen LogP) is 2.46. The number of unbranched alkanes of at least 4 members (excludes halogenated alkanes) is 3. The Labute approximate surface area is 80.7 Å². The Morgan fingerprint density at radius 3 is 2.62 bits per heavy atom. The second-order valence-electron chi connectivity index (χ2n) is 3.39. The summed E-state index contributed by atoms with van der Waals surface area (Å²) >= 11 is 0. The SMILES string of the molecule is CCCCCCC(O)/C=C/C(C)=O. The average Bonchev–Trinajstić information content (AvgIpc) is 2.09. The van der Waals surface area contributed by atoms with Gasteiger partial charge in [-0.2, -0.15) is 0 Å². The van der Waals surface area contributed by atoms with E-state index in [2.05, 4.69) is 6.92 Å². The van der Waals surface area contributed by atoms with E-state index in [1.807, 2.05) is 0 Å². The van der Waals surface area contributed by atoms with Gasteiger partial charge < -0.3 is 5.11 Å². The molecule has 0 bridgehead atoms. The Kier molecular flexibility index (Phi) is 7.60. The molecule has 13 heavy (non-hydrogen) atoms. The van der Waals surface area contributed by atoms with Crippen LogP contribution in [-0.2, 0) is 4.79 Å². The van der Waals surface area contributed by atoms with Crippen molar-refractivity contribution in [2.45, 2.75) is 52.1 Å². The lowest BCUT2D eigenvalue weighted by Crippen LogP contribution is -2.02. The molecule has 0 saturated carbocycles. The number of aliphatic hydroxyl groups is 1. The molecule has 0 aliphatic carbocycles. The summed E-state index contributed by atoms with van der Waals surface area (Å²) in [6.45, 7) is 3.65. The van der Waals surface area contributed by atoms with Crippen LogP contribution in [0.1, 0.15) is 46.0 Å². The fourth-order valence-corrected chi connectivity index (χ4v) is 1.12. The van der Waals surface area contributed by atoms with E-state index in [0.717, 1.165) is 12.8 Å². The largest absolute Gasteiger partial charge is 0.389 e. The summed E-state index contributed by atoms with van der Waals surface area (Å²) in [6, 6.07) is 0.